The Morgan fingerprint density at radius 3 is 2.40 bits per heavy atom. The number of imide groups is 2. The zero-order valence-corrected chi connectivity index (χ0v) is 21.9. The zero-order valence-electron chi connectivity index (χ0n) is 21.9. The first kappa shape index (κ1) is 26.6. The number of barbiturate groups is 1. The maximum Gasteiger partial charge on any atom is 0.328 e. The largest absolute Gasteiger partial charge is 0.489 e. The van der Waals surface area contributed by atoms with Crippen LogP contribution in [0.5, 0.6) is 5.75 Å². The van der Waals surface area contributed by atoms with E-state index in [1.165, 1.54) is 0 Å². The molecule has 0 saturated carbocycles. The number of pyridine rings is 1. The summed E-state index contributed by atoms with van der Waals surface area (Å²) >= 11 is 0. The number of para-hydroxylation sites is 1. The number of carbonyl (C=O) groups excluding carboxylic acids is 4. The summed E-state index contributed by atoms with van der Waals surface area (Å²) in [4.78, 5) is 58.7. The van der Waals surface area contributed by atoms with E-state index >= 15 is 0 Å². The van der Waals surface area contributed by atoms with Gasteiger partial charge in [-0.1, -0.05) is 24.6 Å². The smallest absolute Gasteiger partial charge is 0.328 e. The predicted molar refractivity (Wildman–Crippen MR) is 146 cm³/mol. The molecule has 0 aliphatic carbocycles. The molecule has 3 heterocycles. The normalized spacial score (nSPS) is 17.1. The molecule has 2 saturated heterocycles. The molecule has 0 spiro atoms. The van der Waals surface area contributed by atoms with Gasteiger partial charge in [-0.3, -0.25) is 34.9 Å². The molecule has 0 radical (unpaired) electrons. The van der Waals surface area contributed by atoms with Gasteiger partial charge < -0.3 is 15.0 Å². The Balaban J connectivity index is 1.26. The zero-order chi connectivity index (χ0) is 28.3. The fourth-order valence-corrected chi connectivity index (χ4v) is 5.01. The minimum atomic E-state index is -1.79. The van der Waals surface area contributed by atoms with Crippen molar-refractivity contribution in [2.75, 3.05) is 32.7 Å². The maximum absolute atomic E-state index is 13.0. The second-order valence-corrected chi connectivity index (χ2v) is 9.64. The van der Waals surface area contributed by atoms with Gasteiger partial charge >= 0.3 is 6.03 Å². The van der Waals surface area contributed by atoms with Gasteiger partial charge in [0, 0.05) is 54.4 Å². The first-order chi connectivity index (χ1) is 19.3. The van der Waals surface area contributed by atoms with Crippen LogP contribution in [0.3, 0.4) is 0 Å². The summed E-state index contributed by atoms with van der Waals surface area (Å²) in [7, 11) is 0. The van der Waals surface area contributed by atoms with Crippen molar-refractivity contribution < 1.29 is 23.9 Å². The SMILES string of the molecule is C#CN1CCN(C2(CNC(=O)c3ccc(OCc4cc(C)nc5ccccc45)cc3)C(=O)NC(=O)NC2=O)CC1. The van der Waals surface area contributed by atoms with Gasteiger partial charge in [0.05, 0.1) is 12.1 Å². The number of hydrogen-bond donors (Lipinski definition) is 3. The van der Waals surface area contributed by atoms with Crippen LogP contribution in [-0.2, 0) is 16.2 Å². The van der Waals surface area contributed by atoms with Crippen molar-refractivity contribution in [2.24, 2.45) is 0 Å². The Hall–Kier alpha value is -4.95. The fourth-order valence-electron chi connectivity index (χ4n) is 5.01. The third kappa shape index (κ3) is 5.17. The van der Waals surface area contributed by atoms with Gasteiger partial charge in [-0.05, 0) is 43.3 Å². The third-order valence-electron chi connectivity index (χ3n) is 7.15. The number of rotatable bonds is 7. The Morgan fingerprint density at radius 1 is 1.05 bits per heavy atom. The van der Waals surface area contributed by atoms with E-state index in [9.17, 15) is 19.2 Å². The van der Waals surface area contributed by atoms with Crippen molar-refractivity contribution in [3.8, 4) is 18.2 Å². The minimum absolute atomic E-state index is 0.299. The second kappa shape index (κ2) is 11.0. The molecule has 5 rings (SSSR count). The number of ether oxygens (including phenoxy) is 1. The highest BCUT2D eigenvalue weighted by Gasteiger charge is 2.55. The van der Waals surface area contributed by atoms with Crippen LogP contribution in [0.4, 0.5) is 4.79 Å². The molecule has 5 amide bonds. The molecule has 11 nitrogen and oxygen atoms in total. The van der Waals surface area contributed by atoms with Crippen LogP contribution < -0.4 is 20.7 Å². The summed E-state index contributed by atoms with van der Waals surface area (Å²) in [5.74, 6) is -1.50. The molecule has 204 valence electrons. The summed E-state index contributed by atoms with van der Waals surface area (Å²) in [5, 5.41) is 8.02. The topological polar surface area (TPSA) is 133 Å². The fraction of sp³-hybridized carbons (Fsp3) is 0.276. The summed E-state index contributed by atoms with van der Waals surface area (Å²) in [6.45, 7) is 3.38. The van der Waals surface area contributed by atoms with Crippen molar-refractivity contribution in [3.05, 3.63) is 71.4 Å². The van der Waals surface area contributed by atoms with Gasteiger partial charge in [0.25, 0.3) is 17.7 Å². The molecule has 3 aromatic rings. The molecule has 2 fully saturated rings. The lowest BCUT2D eigenvalue weighted by molar-refractivity contribution is -0.148. The number of benzene rings is 2. The van der Waals surface area contributed by atoms with Crippen LogP contribution in [0.25, 0.3) is 10.9 Å². The monoisotopic (exact) mass is 540 g/mol. The number of terminal acetylenes is 1. The van der Waals surface area contributed by atoms with Gasteiger partial charge in [-0.15, -0.1) is 0 Å². The van der Waals surface area contributed by atoms with E-state index in [2.05, 4.69) is 27.0 Å². The van der Waals surface area contributed by atoms with Gasteiger partial charge in [0.1, 0.15) is 12.4 Å². The number of amides is 5. The predicted octanol–water partition coefficient (Wildman–Crippen LogP) is 1.17. The quantitative estimate of drug-likeness (QED) is 0.301. The molecule has 40 heavy (non-hydrogen) atoms. The first-order valence-corrected chi connectivity index (χ1v) is 12.8. The van der Waals surface area contributed by atoms with E-state index < -0.39 is 29.3 Å². The molecular weight excluding hydrogens is 512 g/mol. The number of aryl methyl sites for hydroxylation is 1. The third-order valence-corrected chi connectivity index (χ3v) is 7.15. The summed E-state index contributed by atoms with van der Waals surface area (Å²) in [6, 6.07) is 18.0. The van der Waals surface area contributed by atoms with Crippen LogP contribution in [0.1, 0.15) is 21.6 Å². The Bertz CT molecular complexity index is 1500. The van der Waals surface area contributed by atoms with E-state index in [4.69, 9.17) is 11.2 Å². The molecule has 11 heteroatoms. The standard InChI is InChI=1S/C29H28N6O5/c1-3-34-12-14-35(15-13-34)29(26(37)32-28(39)33-27(29)38)18-30-25(36)20-8-10-22(11-9-20)40-17-21-16-19(2)31-24-7-5-4-6-23(21)24/h1,4-11,16H,12-15,17-18H2,2H3,(H,30,36)(H2,32,33,37,38,39). The van der Waals surface area contributed by atoms with Gasteiger partial charge in [0.15, 0.2) is 5.54 Å². The number of urea groups is 1. The van der Waals surface area contributed by atoms with E-state index in [1.807, 2.05) is 37.3 Å². The first-order valence-electron chi connectivity index (χ1n) is 12.8. The summed E-state index contributed by atoms with van der Waals surface area (Å²) in [5.41, 5.74) is 1.32. The molecule has 0 atom stereocenters. The van der Waals surface area contributed by atoms with Gasteiger partial charge in [-0.2, -0.15) is 0 Å². The summed E-state index contributed by atoms with van der Waals surface area (Å²) in [6.07, 6.45) is 5.47. The number of nitrogens with zero attached hydrogens (tertiary/aromatic N) is 3. The number of aromatic nitrogens is 1. The van der Waals surface area contributed by atoms with Crippen molar-refractivity contribution in [1.82, 2.24) is 30.7 Å². The lowest BCUT2D eigenvalue weighted by atomic mass is 9.91. The number of piperazine rings is 1. The number of hydrogen-bond acceptors (Lipinski definition) is 8. The average molecular weight is 541 g/mol. The Morgan fingerprint density at radius 2 is 1.73 bits per heavy atom. The van der Waals surface area contributed by atoms with E-state index in [0.29, 0.717) is 44.1 Å². The number of fused-ring (bicyclic) bond motifs is 1. The van der Waals surface area contributed by atoms with Crippen LogP contribution in [0.15, 0.2) is 54.6 Å². The van der Waals surface area contributed by atoms with Crippen molar-refractivity contribution >= 4 is 34.7 Å². The van der Waals surface area contributed by atoms with Crippen LogP contribution in [0.2, 0.25) is 0 Å². The van der Waals surface area contributed by atoms with Crippen LogP contribution in [-0.4, -0.2) is 76.8 Å². The molecule has 3 N–H and O–H groups in total. The molecular formula is C29H28N6O5. The highest BCUT2D eigenvalue weighted by Crippen LogP contribution is 2.23. The van der Waals surface area contributed by atoms with Gasteiger partial charge in [0.2, 0.25) is 0 Å². The molecule has 2 aromatic carbocycles. The molecule has 2 aliphatic rings. The lowest BCUT2D eigenvalue weighted by Gasteiger charge is -2.45. The molecule has 2 aliphatic heterocycles. The minimum Gasteiger partial charge on any atom is -0.489 e. The van der Waals surface area contributed by atoms with E-state index in [0.717, 1.165) is 22.2 Å². The van der Waals surface area contributed by atoms with Crippen molar-refractivity contribution in [3.63, 3.8) is 0 Å². The molecule has 1 aromatic heterocycles. The van der Waals surface area contributed by atoms with Gasteiger partial charge in [-0.25, -0.2) is 4.79 Å². The molecule has 0 unspecified atom stereocenters. The van der Waals surface area contributed by atoms with Crippen molar-refractivity contribution in [1.29, 1.82) is 0 Å². The van der Waals surface area contributed by atoms with E-state index in [1.54, 1.807) is 34.1 Å². The number of nitrogens with one attached hydrogen (secondary N) is 3. The maximum atomic E-state index is 13.0. The Kier molecular flexibility index (Phi) is 7.35. The molecule has 0 bridgehead atoms. The number of carbonyl (C=O) groups is 4. The highest BCUT2D eigenvalue weighted by atomic mass is 16.5. The summed E-state index contributed by atoms with van der Waals surface area (Å²) < 4.78 is 5.97. The lowest BCUT2D eigenvalue weighted by Crippen LogP contribution is -2.77. The van der Waals surface area contributed by atoms with Crippen LogP contribution in [0, 0.1) is 19.4 Å². The Labute approximate surface area is 230 Å². The van der Waals surface area contributed by atoms with Crippen molar-refractivity contribution in [2.45, 2.75) is 19.1 Å². The second-order valence-electron chi connectivity index (χ2n) is 9.64. The van der Waals surface area contributed by atoms with E-state index in [-0.39, 0.29) is 6.54 Å². The van der Waals surface area contributed by atoms with Crippen LogP contribution >= 0.6 is 0 Å². The highest BCUT2D eigenvalue weighted by molar-refractivity contribution is 6.22. The average Bonchev–Trinajstić information content (AvgIpc) is 2.96.